The number of hydrogen-bond donors (Lipinski definition) is 0. The van der Waals surface area contributed by atoms with Crippen molar-refractivity contribution in [2.75, 3.05) is 9.80 Å². The summed E-state index contributed by atoms with van der Waals surface area (Å²) in [5.41, 5.74) is 9.62. The lowest BCUT2D eigenvalue weighted by atomic mass is 10.0. The number of fused-ring (bicyclic) bond motifs is 2. The standard InChI is InChI=1S/C32H23N5/c1-3-11-25(12-4-1)35-23-28(33-34-35)24-19-21-27(22-20-24)37-31-17-9-7-15-29(31)36(26-13-5-2-6-14-26)30-16-8-10-18-32(30)37/h1-23H. The van der Waals surface area contributed by atoms with Gasteiger partial charge in [0.05, 0.1) is 34.6 Å². The molecule has 0 unspecified atom stereocenters. The highest BCUT2D eigenvalue weighted by Gasteiger charge is 2.29. The molecule has 0 bridgehead atoms. The van der Waals surface area contributed by atoms with E-state index in [2.05, 4.69) is 123 Å². The van der Waals surface area contributed by atoms with Crippen LogP contribution in [0.1, 0.15) is 0 Å². The average Bonchev–Trinajstić information content (AvgIpc) is 3.47. The summed E-state index contributed by atoms with van der Waals surface area (Å²) in [6, 6.07) is 46.2. The van der Waals surface area contributed by atoms with Gasteiger partial charge in [-0.25, -0.2) is 4.68 Å². The highest BCUT2D eigenvalue weighted by atomic mass is 15.4. The maximum absolute atomic E-state index is 4.41. The molecule has 0 aliphatic carbocycles. The molecule has 5 heteroatoms. The molecular formula is C32H23N5. The Balaban J connectivity index is 1.30. The Kier molecular flexibility index (Phi) is 5.03. The van der Waals surface area contributed by atoms with Gasteiger partial charge < -0.3 is 9.80 Å². The minimum atomic E-state index is 0.838. The molecule has 37 heavy (non-hydrogen) atoms. The van der Waals surface area contributed by atoms with Crippen LogP contribution in [0, 0.1) is 0 Å². The van der Waals surface area contributed by atoms with Crippen LogP contribution in [-0.4, -0.2) is 15.0 Å². The Bertz CT molecular complexity index is 1630. The molecule has 0 fully saturated rings. The summed E-state index contributed by atoms with van der Waals surface area (Å²) >= 11 is 0. The molecule has 5 nitrogen and oxygen atoms in total. The topological polar surface area (TPSA) is 37.2 Å². The molecule has 0 N–H and O–H groups in total. The lowest BCUT2D eigenvalue weighted by molar-refractivity contribution is 0.804. The Hall–Kier alpha value is -5.16. The summed E-state index contributed by atoms with van der Waals surface area (Å²) in [4.78, 5) is 4.66. The van der Waals surface area contributed by atoms with Crippen LogP contribution in [0.4, 0.5) is 34.1 Å². The van der Waals surface area contributed by atoms with Crippen molar-refractivity contribution in [1.82, 2.24) is 15.0 Å². The molecular weight excluding hydrogens is 454 g/mol. The van der Waals surface area contributed by atoms with Crippen molar-refractivity contribution in [2.24, 2.45) is 0 Å². The van der Waals surface area contributed by atoms with E-state index in [0.29, 0.717) is 0 Å². The lowest BCUT2D eigenvalue weighted by Crippen LogP contribution is -2.23. The van der Waals surface area contributed by atoms with E-state index in [9.17, 15) is 0 Å². The van der Waals surface area contributed by atoms with E-state index < -0.39 is 0 Å². The lowest BCUT2D eigenvalue weighted by Gasteiger charge is -2.40. The fourth-order valence-corrected chi connectivity index (χ4v) is 4.96. The first kappa shape index (κ1) is 21.1. The molecule has 0 radical (unpaired) electrons. The van der Waals surface area contributed by atoms with E-state index in [1.54, 1.807) is 4.68 Å². The summed E-state index contributed by atoms with van der Waals surface area (Å²) in [6.45, 7) is 0. The Morgan fingerprint density at radius 1 is 0.405 bits per heavy atom. The molecule has 0 amide bonds. The first-order chi connectivity index (χ1) is 18.4. The van der Waals surface area contributed by atoms with Crippen LogP contribution < -0.4 is 9.80 Å². The van der Waals surface area contributed by atoms with E-state index >= 15 is 0 Å². The number of hydrogen-bond acceptors (Lipinski definition) is 4. The van der Waals surface area contributed by atoms with Gasteiger partial charge in [-0.3, -0.25) is 0 Å². The number of aromatic nitrogens is 3. The van der Waals surface area contributed by atoms with Gasteiger partial charge in [0.25, 0.3) is 0 Å². The Morgan fingerprint density at radius 3 is 1.35 bits per heavy atom. The maximum atomic E-state index is 4.41. The first-order valence-electron chi connectivity index (χ1n) is 12.3. The monoisotopic (exact) mass is 477 g/mol. The molecule has 0 atom stereocenters. The predicted octanol–water partition coefficient (Wildman–Crippen LogP) is 8.19. The number of para-hydroxylation sites is 6. The minimum Gasteiger partial charge on any atom is -0.306 e. The fourth-order valence-electron chi connectivity index (χ4n) is 4.96. The van der Waals surface area contributed by atoms with Crippen LogP contribution in [0.2, 0.25) is 0 Å². The normalized spacial score (nSPS) is 12.2. The summed E-state index contributed by atoms with van der Waals surface area (Å²) in [5.74, 6) is 0. The summed E-state index contributed by atoms with van der Waals surface area (Å²) < 4.78 is 1.80. The SMILES string of the molecule is c1ccc(N2c3ccccc3N(c3ccc(-c4cn(-c5ccccc5)nn4)cc3)c3ccccc32)cc1. The van der Waals surface area contributed by atoms with Crippen molar-refractivity contribution in [2.45, 2.75) is 0 Å². The molecule has 0 spiro atoms. The van der Waals surface area contributed by atoms with Crippen LogP contribution in [-0.2, 0) is 0 Å². The van der Waals surface area contributed by atoms with E-state index in [0.717, 1.165) is 51.1 Å². The Labute approximate surface area is 215 Å². The van der Waals surface area contributed by atoms with Crippen molar-refractivity contribution in [1.29, 1.82) is 0 Å². The van der Waals surface area contributed by atoms with Gasteiger partial charge >= 0.3 is 0 Å². The highest BCUT2D eigenvalue weighted by molar-refractivity contribution is 6.01. The average molecular weight is 478 g/mol. The fraction of sp³-hybridized carbons (Fsp3) is 0. The molecule has 0 saturated heterocycles. The quantitative estimate of drug-likeness (QED) is 0.256. The summed E-state index contributed by atoms with van der Waals surface area (Å²) in [5, 5.41) is 8.74. The third-order valence-electron chi connectivity index (χ3n) is 6.68. The highest BCUT2D eigenvalue weighted by Crippen LogP contribution is 2.53. The molecule has 1 aliphatic rings. The molecule has 1 aliphatic heterocycles. The van der Waals surface area contributed by atoms with Gasteiger partial charge in [0.2, 0.25) is 0 Å². The van der Waals surface area contributed by atoms with Crippen LogP contribution in [0.3, 0.4) is 0 Å². The van der Waals surface area contributed by atoms with E-state index in [4.69, 9.17) is 0 Å². The predicted molar refractivity (Wildman–Crippen MR) is 150 cm³/mol. The summed E-state index contributed by atoms with van der Waals surface area (Å²) in [6.07, 6.45) is 1.97. The van der Waals surface area contributed by atoms with Crippen molar-refractivity contribution < 1.29 is 0 Å². The smallest absolute Gasteiger partial charge is 0.113 e. The number of benzene rings is 5. The second-order valence-electron chi connectivity index (χ2n) is 8.91. The largest absolute Gasteiger partial charge is 0.306 e. The second-order valence-corrected chi connectivity index (χ2v) is 8.91. The molecule has 0 saturated carbocycles. The molecule has 7 rings (SSSR count). The van der Waals surface area contributed by atoms with E-state index in [1.807, 2.05) is 36.5 Å². The zero-order chi connectivity index (χ0) is 24.6. The van der Waals surface area contributed by atoms with Gasteiger partial charge in [-0.2, -0.15) is 0 Å². The zero-order valence-corrected chi connectivity index (χ0v) is 20.0. The zero-order valence-electron chi connectivity index (χ0n) is 20.0. The maximum Gasteiger partial charge on any atom is 0.113 e. The molecule has 176 valence electrons. The van der Waals surface area contributed by atoms with Gasteiger partial charge in [-0.15, -0.1) is 5.10 Å². The molecule has 2 heterocycles. The number of nitrogens with zero attached hydrogens (tertiary/aromatic N) is 5. The number of anilines is 6. The van der Waals surface area contributed by atoms with Gasteiger partial charge in [-0.1, -0.05) is 78.0 Å². The van der Waals surface area contributed by atoms with Crippen LogP contribution >= 0.6 is 0 Å². The van der Waals surface area contributed by atoms with Crippen LogP contribution in [0.25, 0.3) is 16.9 Å². The van der Waals surface area contributed by atoms with Gasteiger partial charge in [0, 0.05) is 16.9 Å². The van der Waals surface area contributed by atoms with E-state index in [1.165, 1.54) is 0 Å². The van der Waals surface area contributed by atoms with Crippen molar-refractivity contribution in [3.63, 3.8) is 0 Å². The molecule has 5 aromatic carbocycles. The molecule has 6 aromatic rings. The van der Waals surface area contributed by atoms with Gasteiger partial charge in [0.1, 0.15) is 5.69 Å². The van der Waals surface area contributed by atoms with Crippen molar-refractivity contribution in [3.05, 3.63) is 140 Å². The summed E-state index contributed by atoms with van der Waals surface area (Å²) in [7, 11) is 0. The second kappa shape index (κ2) is 8.81. The van der Waals surface area contributed by atoms with Crippen molar-refractivity contribution >= 4 is 34.1 Å². The Morgan fingerprint density at radius 2 is 0.838 bits per heavy atom. The molecule has 1 aromatic heterocycles. The van der Waals surface area contributed by atoms with Crippen LogP contribution in [0.5, 0.6) is 0 Å². The van der Waals surface area contributed by atoms with Gasteiger partial charge in [0.15, 0.2) is 0 Å². The number of rotatable bonds is 4. The minimum absolute atomic E-state index is 0.838. The first-order valence-corrected chi connectivity index (χ1v) is 12.3. The van der Waals surface area contributed by atoms with Crippen molar-refractivity contribution in [3.8, 4) is 16.9 Å². The third-order valence-corrected chi connectivity index (χ3v) is 6.68. The van der Waals surface area contributed by atoms with Gasteiger partial charge in [-0.05, 0) is 60.7 Å². The van der Waals surface area contributed by atoms with E-state index in [-0.39, 0.29) is 0 Å². The third kappa shape index (κ3) is 3.65. The van der Waals surface area contributed by atoms with Crippen LogP contribution in [0.15, 0.2) is 140 Å².